The van der Waals surface area contributed by atoms with E-state index in [2.05, 4.69) is 11.5 Å². The molecule has 0 heterocycles. The zero-order chi connectivity index (χ0) is 13.1. The molecule has 96 valence electrons. The zero-order valence-corrected chi connectivity index (χ0v) is 8.63. The van der Waals surface area contributed by atoms with E-state index in [0.717, 1.165) is 0 Å². The quantitative estimate of drug-likeness (QED) is 0.157. The largest absolute Gasteiger partial charge is 0.759 e. The molecule has 11 heteroatoms. The van der Waals surface area contributed by atoms with E-state index in [0.29, 0.717) is 0 Å². The maximum absolute atomic E-state index is 8.52. The molecule has 15 heavy (non-hydrogen) atoms. The van der Waals surface area contributed by atoms with Gasteiger partial charge in [0.25, 0.3) is 0 Å². The molecule has 0 unspecified atom stereocenters. The van der Waals surface area contributed by atoms with Gasteiger partial charge < -0.3 is 41.0 Å². The van der Waals surface area contributed by atoms with Crippen molar-refractivity contribution in [1.29, 1.82) is 0 Å². The summed E-state index contributed by atoms with van der Waals surface area (Å²) in [5.74, 6) is 0. The first-order valence-electron chi connectivity index (χ1n) is 3.52. The van der Waals surface area contributed by atoms with Crippen molar-refractivity contribution in [2.45, 2.75) is 12.6 Å². The second-order valence-corrected chi connectivity index (χ2v) is 2.76. The Morgan fingerprint density at radius 3 is 1.00 bits per heavy atom. The van der Waals surface area contributed by atoms with E-state index in [1.807, 2.05) is 0 Å². The Balaban J connectivity index is -0.000000144. The van der Waals surface area contributed by atoms with E-state index < -0.39 is 23.0 Å². The molecule has 0 amide bonds. The lowest BCUT2D eigenvalue weighted by Gasteiger charge is -2.06. The van der Waals surface area contributed by atoms with Gasteiger partial charge in [-0.2, -0.15) is 0 Å². The molecule has 0 aliphatic rings. The van der Waals surface area contributed by atoms with Crippen molar-refractivity contribution in [3.8, 4) is 0 Å². The molecule has 0 saturated heterocycles. The summed E-state index contributed by atoms with van der Waals surface area (Å²) in [4.78, 5) is 0. The SMILES string of the molecule is O=S(=O)([O-])[O-].[NH3+]CC(O)O.[NH3+]CC(O)O. The van der Waals surface area contributed by atoms with E-state index in [1.165, 1.54) is 0 Å². The molecule has 0 saturated carbocycles. The van der Waals surface area contributed by atoms with Gasteiger partial charge in [-0.1, -0.05) is 0 Å². The molecular formula is C4H16N2O8S. The second kappa shape index (κ2) is 11.7. The van der Waals surface area contributed by atoms with Crippen LogP contribution in [0.3, 0.4) is 0 Å². The van der Waals surface area contributed by atoms with Crippen molar-refractivity contribution in [3.05, 3.63) is 0 Å². The molecule has 0 aliphatic heterocycles. The van der Waals surface area contributed by atoms with E-state index in [9.17, 15) is 0 Å². The van der Waals surface area contributed by atoms with Crippen molar-refractivity contribution >= 4 is 10.4 Å². The van der Waals surface area contributed by atoms with Gasteiger partial charge in [-0.3, -0.25) is 8.42 Å². The molecule has 0 rings (SSSR count). The molecule has 10 N–H and O–H groups in total. The van der Waals surface area contributed by atoms with Gasteiger partial charge in [-0.05, 0) is 0 Å². The summed E-state index contributed by atoms with van der Waals surface area (Å²) in [7, 11) is -5.17. The highest BCUT2D eigenvalue weighted by Crippen LogP contribution is 1.58. The maximum Gasteiger partial charge on any atom is 0.202 e. The molecular weight excluding hydrogens is 236 g/mol. The van der Waals surface area contributed by atoms with Gasteiger partial charge in [-0.15, -0.1) is 0 Å². The first-order valence-corrected chi connectivity index (χ1v) is 4.85. The predicted molar refractivity (Wildman–Crippen MR) is 42.4 cm³/mol. The standard InChI is InChI=1S/2C2H7NO2.H2O4S/c2*3-1-2(4)5;1-5(2,3)4/h2*2,4-5H,1,3H2;(H2,1,2,3,4). The Kier molecular flexibility index (Phi) is 15.7. The van der Waals surface area contributed by atoms with Crippen LogP contribution in [-0.2, 0) is 10.4 Å². The maximum atomic E-state index is 8.52. The molecule has 0 aliphatic carbocycles. The van der Waals surface area contributed by atoms with E-state index in [4.69, 9.17) is 37.9 Å². The molecule has 0 radical (unpaired) electrons. The van der Waals surface area contributed by atoms with E-state index >= 15 is 0 Å². The van der Waals surface area contributed by atoms with Gasteiger partial charge >= 0.3 is 0 Å². The average Bonchev–Trinajstić information content (AvgIpc) is 2.02. The zero-order valence-electron chi connectivity index (χ0n) is 7.81. The number of aliphatic hydroxyl groups excluding tert-OH is 2. The summed E-state index contributed by atoms with van der Waals surface area (Å²) in [5.41, 5.74) is 6.37. The minimum absolute atomic E-state index is 0.167. The second-order valence-electron chi connectivity index (χ2n) is 1.95. The Morgan fingerprint density at radius 2 is 1.00 bits per heavy atom. The molecule has 0 aromatic carbocycles. The van der Waals surface area contributed by atoms with Crippen LogP contribution in [0.25, 0.3) is 0 Å². The van der Waals surface area contributed by atoms with Crippen molar-refractivity contribution in [3.63, 3.8) is 0 Å². The lowest BCUT2D eigenvalue weighted by Crippen LogP contribution is -2.55. The van der Waals surface area contributed by atoms with Crippen LogP contribution in [-0.4, -0.2) is 63.6 Å². The summed E-state index contributed by atoms with van der Waals surface area (Å²) in [6.07, 6.45) is -2.45. The highest BCUT2D eigenvalue weighted by molar-refractivity contribution is 7.79. The third-order valence-corrected chi connectivity index (χ3v) is 0.516. The van der Waals surface area contributed by atoms with Gasteiger partial charge in [0, 0.05) is 10.4 Å². The van der Waals surface area contributed by atoms with Gasteiger partial charge in [0.2, 0.25) is 12.6 Å². The normalized spacial score (nSPS) is 10.3. The molecule has 0 atom stereocenters. The van der Waals surface area contributed by atoms with E-state index in [1.54, 1.807) is 0 Å². The number of quaternary nitrogens is 2. The fraction of sp³-hybridized carbons (Fsp3) is 1.00. The van der Waals surface area contributed by atoms with Gasteiger partial charge in [0.1, 0.15) is 13.1 Å². The third-order valence-electron chi connectivity index (χ3n) is 0.516. The predicted octanol–water partition coefficient (Wildman–Crippen LogP) is -6.26. The Bertz CT molecular complexity index is 187. The van der Waals surface area contributed by atoms with Crippen LogP contribution in [0.5, 0.6) is 0 Å². The molecule has 0 fully saturated rings. The molecule has 0 aromatic heterocycles. The summed E-state index contributed by atoms with van der Waals surface area (Å²) in [5, 5.41) is 31.4. The van der Waals surface area contributed by atoms with Crippen LogP contribution in [0.4, 0.5) is 0 Å². The molecule has 0 aromatic rings. The fourth-order valence-electron chi connectivity index (χ4n) is 0. The van der Waals surface area contributed by atoms with Crippen molar-refractivity contribution in [1.82, 2.24) is 0 Å². The minimum Gasteiger partial charge on any atom is -0.759 e. The highest BCUT2D eigenvalue weighted by atomic mass is 32.3. The molecule has 0 bridgehead atoms. The van der Waals surface area contributed by atoms with Gasteiger partial charge in [-0.25, -0.2) is 0 Å². The van der Waals surface area contributed by atoms with Crippen LogP contribution in [0.2, 0.25) is 0 Å². The van der Waals surface area contributed by atoms with Crippen LogP contribution in [0.1, 0.15) is 0 Å². The van der Waals surface area contributed by atoms with Crippen LogP contribution in [0, 0.1) is 0 Å². The summed E-state index contributed by atoms with van der Waals surface area (Å²) >= 11 is 0. The van der Waals surface area contributed by atoms with E-state index in [-0.39, 0.29) is 13.1 Å². The van der Waals surface area contributed by atoms with Crippen molar-refractivity contribution < 1.29 is 49.4 Å². The molecule has 0 spiro atoms. The average molecular weight is 252 g/mol. The van der Waals surface area contributed by atoms with Crippen molar-refractivity contribution in [2.24, 2.45) is 0 Å². The number of rotatable bonds is 2. The fourth-order valence-corrected chi connectivity index (χ4v) is 0. The summed E-state index contributed by atoms with van der Waals surface area (Å²) in [6.45, 7) is 0.333. The molecule has 10 nitrogen and oxygen atoms in total. The summed E-state index contributed by atoms with van der Waals surface area (Å²) < 4.78 is 34.1. The van der Waals surface area contributed by atoms with Crippen LogP contribution < -0.4 is 11.5 Å². The number of hydrogen-bond acceptors (Lipinski definition) is 8. The van der Waals surface area contributed by atoms with Gasteiger partial charge in [0.15, 0.2) is 0 Å². The number of hydrogen-bond donors (Lipinski definition) is 6. The smallest absolute Gasteiger partial charge is 0.202 e. The first-order chi connectivity index (χ1) is 6.54. The first kappa shape index (κ1) is 20.1. The van der Waals surface area contributed by atoms with Gasteiger partial charge in [0.05, 0.1) is 0 Å². The van der Waals surface area contributed by atoms with Crippen LogP contribution >= 0.6 is 0 Å². The lowest BCUT2D eigenvalue weighted by atomic mass is 10.7. The minimum atomic E-state index is -5.17. The Morgan fingerprint density at radius 1 is 0.933 bits per heavy atom. The Labute approximate surface area is 86.3 Å². The lowest BCUT2D eigenvalue weighted by molar-refractivity contribution is -0.402. The Hall–Kier alpha value is -0.370. The monoisotopic (exact) mass is 252 g/mol. The third kappa shape index (κ3) is 140. The van der Waals surface area contributed by atoms with Crippen LogP contribution in [0.15, 0.2) is 0 Å². The van der Waals surface area contributed by atoms with Crippen molar-refractivity contribution in [2.75, 3.05) is 13.1 Å². The topological polar surface area (TPSA) is 216 Å². The highest BCUT2D eigenvalue weighted by Gasteiger charge is 1.88. The number of aliphatic hydroxyl groups is 4. The summed E-state index contributed by atoms with van der Waals surface area (Å²) in [6, 6.07) is 0.